The van der Waals surface area contributed by atoms with Crippen LogP contribution in [0.2, 0.25) is 0 Å². The van der Waals surface area contributed by atoms with E-state index in [1.807, 2.05) is 7.05 Å². The molecule has 0 spiro atoms. The van der Waals surface area contributed by atoms with Crippen molar-refractivity contribution < 1.29 is 13.9 Å². The third-order valence-corrected chi connectivity index (χ3v) is 7.22. The largest absolute Gasteiger partial charge is 0.377 e. The third kappa shape index (κ3) is 4.54. The van der Waals surface area contributed by atoms with Crippen molar-refractivity contribution in [2.45, 2.75) is 75.5 Å². The lowest BCUT2D eigenvalue weighted by molar-refractivity contribution is -0.0371. The van der Waals surface area contributed by atoms with Crippen LogP contribution in [0.25, 0.3) is 0 Å². The highest BCUT2D eigenvalue weighted by Crippen LogP contribution is 2.44. The quantitative estimate of drug-likeness (QED) is 0.420. The van der Waals surface area contributed by atoms with Crippen LogP contribution in [0.3, 0.4) is 0 Å². The molecule has 0 aromatic rings. The Balaban J connectivity index is 1.48. The van der Waals surface area contributed by atoms with Gasteiger partial charge in [0.2, 0.25) is 0 Å². The first-order valence-corrected chi connectivity index (χ1v) is 11.3. The first-order valence-electron chi connectivity index (χ1n) is 11.3. The van der Waals surface area contributed by atoms with E-state index < -0.39 is 6.17 Å². The molecule has 9 atom stereocenters. The molecule has 9 unspecified atom stereocenters. The molecule has 3 aliphatic heterocycles. The average Bonchev–Trinajstić information content (AvgIpc) is 3.00. The highest BCUT2D eigenvalue weighted by Gasteiger charge is 2.50. The average molecular weight is 412 g/mol. The number of ether oxygens (including phenoxy) is 2. The van der Waals surface area contributed by atoms with Crippen molar-refractivity contribution >= 4 is 0 Å². The van der Waals surface area contributed by atoms with E-state index in [0.717, 1.165) is 45.4 Å². The van der Waals surface area contributed by atoms with Crippen molar-refractivity contribution in [2.75, 3.05) is 33.9 Å². The third-order valence-electron chi connectivity index (χ3n) is 7.22. The predicted octanol–water partition coefficient (Wildman–Crippen LogP) is 0.443. The van der Waals surface area contributed by atoms with Gasteiger partial charge in [0, 0.05) is 38.3 Å². The summed E-state index contributed by atoms with van der Waals surface area (Å²) in [5, 5.41) is 17.2. The first kappa shape index (κ1) is 21.6. The standard InChI is InChI=1S/C21H38FN5O2/c1-12-18(28-3)20(23-2)27-21(25-12)26-15-11-14-7-10-29-19(14)16(17(15)22)13-5-4-8-24-9-6-13/h6,12,14-21,23-27H,4-5,7-11H2,1-3H3. The van der Waals surface area contributed by atoms with Crippen LogP contribution in [-0.2, 0) is 9.47 Å². The summed E-state index contributed by atoms with van der Waals surface area (Å²) in [6.07, 6.45) is 5.02. The molecule has 0 aromatic heterocycles. The molecule has 5 N–H and O–H groups in total. The zero-order valence-electron chi connectivity index (χ0n) is 17.9. The van der Waals surface area contributed by atoms with Crippen molar-refractivity contribution in [2.24, 2.45) is 11.8 Å². The van der Waals surface area contributed by atoms with E-state index in [1.54, 1.807) is 7.11 Å². The van der Waals surface area contributed by atoms with Gasteiger partial charge in [-0.2, -0.15) is 0 Å². The van der Waals surface area contributed by atoms with E-state index in [4.69, 9.17) is 9.47 Å². The van der Waals surface area contributed by atoms with Crippen molar-refractivity contribution in [1.82, 2.24) is 26.6 Å². The summed E-state index contributed by atoms with van der Waals surface area (Å²) in [5.74, 6) is 0.288. The minimum absolute atomic E-state index is 0.00407. The van der Waals surface area contributed by atoms with Crippen molar-refractivity contribution in [1.29, 1.82) is 0 Å². The highest BCUT2D eigenvalue weighted by molar-refractivity contribution is 5.18. The van der Waals surface area contributed by atoms with Crippen molar-refractivity contribution in [3.8, 4) is 0 Å². The number of fused-ring (bicyclic) bond motifs is 1. The van der Waals surface area contributed by atoms with E-state index in [2.05, 4.69) is 39.6 Å². The summed E-state index contributed by atoms with van der Waals surface area (Å²) in [6, 6.07) is -0.0549. The van der Waals surface area contributed by atoms with Gasteiger partial charge in [0.25, 0.3) is 0 Å². The summed E-state index contributed by atoms with van der Waals surface area (Å²) in [4.78, 5) is 0. The summed E-state index contributed by atoms with van der Waals surface area (Å²) < 4.78 is 27.6. The Morgan fingerprint density at radius 3 is 2.97 bits per heavy atom. The Kier molecular flexibility index (Phi) is 7.22. The highest BCUT2D eigenvalue weighted by atomic mass is 19.1. The Morgan fingerprint density at radius 1 is 1.31 bits per heavy atom. The minimum atomic E-state index is -0.953. The van der Waals surface area contributed by atoms with Gasteiger partial charge in [-0.25, -0.2) is 4.39 Å². The Labute approximate surface area is 173 Å². The first-order chi connectivity index (χ1) is 14.1. The zero-order valence-corrected chi connectivity index (χ0v) is 17.9. The number of halogens is 1. The number of alkyl halides is 1. The molecule has 3 fully saturated rings. The van der Waals surface area contributed by atoms with Crippen molar-refractivity contribution in [3.63, 3.8) is 0 Å². The second-order valence-electron chi connectivity index (χ2n) is 8.97. The Hall–Kier alpha value is -0.610. The molecular formula is C21H38FN5O2. The number of methoxy groups -OCH3 is 1. The molecule has 29 heavy (non-hydrogen) atoms. The van der Waals surface area contributed by atoms with Gasteiger partial charge in [0.1, 0.15) is 18.6 Å². The van der Waals surface area contributed by atoms with E-state index in [1.165, 1.54) is 5.57 Å². The lowest BCUT2D eigenvalue weighted by Crippen LogP contribution is -2.74. The van der Waals surface area contributed by atoms with Crippen LogP contribution in [0.4, 0.5) is 4.39 Å². The summed E-state index contributed by atoms with van der Waals surface area (Å²) in [5.41, 5.74) is 1.25. The van der Waals surface area contributed by atoms with Gasteiger partial charge in [0.15, 0.2) is 0 Å². The van der Waals surface area contributed by atoms with Gasteiger partial charge < -0.3 is 20.1 Å². The van der Waals surface area contributed by atoms with Crippen LogP contribution in [0.1, 0.15) is 32.6 Å². The van der Waals surface area contributed by atoms with Crippen LogP contribution in [0.5, 0.6) is 0 Å². The molecule has 1 aliphatic carbocycles. The fourth-order valence-electron chi connectivity index (χ4n) is 5.76. The second-order valence-corrected chi connectivity index (χ2v) is 8.97. The molecule has 166 valence electrons. The number of hydrogen-bond acceptors (Lipinski definition) is 7. The maximum absolute atomic E-state index is 15.9. The van der Waals surface area contributed by atoms with Crippen LogP contribution in [0.15, 0.2) is 11.6 Å². The maximum atomic E-state index is 15.9. The summed E-state index contributed by atoms with van der Waals surface area (Å²) in [7, 11) is 3.64. The number of rotatable bonds is 5. The monoisotopic (exact) mass is 411 g/mol. The lowest BCUT2D eigenvalue weighted by atomic mass is 9.71. The number of likely N-dealkylation sites (N-methyl/N-ethyl adjacent to an activating group) is 1. The van der Waals surface area contributed by atoms with E-state index in [9.17, 15) is 0 Å². The molecule has 0 aromatic carbocycles. The van der Waals surface area contributed by atoms with Gasteiger partial charge >= 0.3 is 0 Å². The molecule has 1 saturated carbocycles. The summed E-state index contributed by atoms with van der Waals surface area (Å²) >= 11 is 0. The van der Waals surface area contributed by atoms with Crippen LogP contribution >= 0.6 is 0 Å². The van der Waals surface area contributed by atoms with Gasteiger partial charge in [-0.1, -0.05) is 11.6 Å². The minimum Gasteiger partial charge on any atom is -0.377 e. The predicted molar refractivity (Wildman–Crippen MR) is 111 cm³/mol. The SMILES string of the molecule is CNC1NC(NC2CC3CCOC3C(C3=CCNCCC3)C2F)NC(C)C1OC. The zero-order chi connectivity index (χ0) is 20.4. The van der Waals surface area contributed by atoms with Crippen molar-refractivity contribution in [3.05, 3.63) is 11.6 Å². The van der Waals surface area contributed by atoms with E-state index in [0.29, 0.717) is 5.92 Å². The Bertz CT molecular complexity index is 579. The number of nitrogens with one attached hydrogen (secondary N) is 5. The van der Waals surface area contributed by atoms with Gasteiger partial charge in [0.05, 0.1) is 12.3 Å². The van der Waals surface area contributed by atoms with E-state index in [-0.39, 0.29) is 42.7 Å². The van der Waals surface area contributed by atoms with Gasteiger partial charge in [-0.05, 0) is 52.1 Å². The number of hydrogen-bond donors (Lipinski definition) is 5. The van der Waals surface area contributed by atoms with Crippen LogP contribution < -0.4 is 26.6 Å². The fraction of sp³-hybridized carbons (Fsp3) is 0.905. The summed E-state index contributed by atoms with van der Waals surface area (Å²) in [6.45, 7) is 4.69. The Morgan fingerprint density at radius 2 is 2.17 bits per heavy atom. The molecule has 7 nitrogen and oxygen atoms in total. The molecule has 3 heterocycles. The van der Waals surface area contributed by atoms with Gasteiger partial charge in [-0.15, -0.1) is 0 Å². The fourth-order valence-corrected chi connectivity index (χ4v) is 5.76. The topological polar surface area (TPSA) is 78.6 Å². The van der Waals surface area contributed by atoms with E-state index >= 15 is 4.39 Å². The molecule has 4 aliphatic rings. The lowest BCUT2D eigenvalue weighted by Gasteiger charge is -2.46. The molecule has 4 rings (SSSR count). The molecule has 2 saturated heterocycles. The maximum Gasteiger partial charge on any atom is 0.124 e. The molecule has 0 amide bonds. The second kappa shape index (κ2) is 9.68. The van der Waals surface area contributed by atoms with Crippen LogP contribution in [-0.4, -0.2) is 76.8 Å². The molecule has 0 bridgehead atoms. The molecular weight excluding hydrogens is 373 g/mol. The molecule has 8 heteroatoms. The normalized spacial score (nSPS) is 46.1. The van der Waals surface area contributed by atoms with Crippen LogP contribution in [0, 0.1) is 11.8 Å². The molecule has 0 radical (unpaired) electrons. The van der Waals surface area contributed by atoms with Gasteiger partial charge in [-0.3, -0.25) is 16.0 Å². The smallest absolute Gasteiger partial charge is 0.124 e.